The lowest BCUT2D eigenvalue weighted by Gasteiger charge is -2.35. The molecule has 1 fully saturated rings. The zero-order chi connectivity index (χ0) is 28.3. The number of anilines is 3. The van der Waals surface area contributed by atoms with Gasteiger partial charge in [-0.05, 0) is 67.6 Å². The molecule has 1 atom stereocenters. The Morgan fingerprint density at radius 2 is 1.90 bits per heavy atom. The molecule has 41 heavy (non-hydrogen) atoms. The van der Waals surface area contributed by atoms with Crippen molar-refractivity contribution in [3.63, 3.8) is 0 Å². The highest BCUT2D eigenvalue weighted by Crippen LogP contribution is 2.32. The van der Waals surface area contributed by atoms with Gasteiger partial charge >= 0.3 is 0 Å². The van der Waals surface area contributed by atoms with Crippen molar-refractivity contribution in [3.8, 4) is 5.82 Å². The molecule has 1 aliphatic heterocycles. The molecule has 0 radical (unpaired) electrons. The van der Waals surface area contributed by atoms with Crippen LogP contribution in [0.25, 0.3) is 16.6 Å². The zero-order valence-corrected chi connectivity index (χ0v) is 22.4. The SMILES string of the molecule is Cc1cccc2ccnc(N(C(=O)c3ccc(Nc4nccc(-n5ccc(=O)cc5)n4)cc3F)[C@@H]3CCCNC3)c12. The number of fused-ring (bicyclic) bond motifs is 1. The van der Waals surface area contributed by atoms with Crippen LogP contribution in [0, 0.1) is 12.7 Å². The molecule has 5 aromatic rings. The van der Waals surface area contributed by atoms with Crippen LogP contribution in [0.15, 0.2) is 90.2 Å². The maximum Gasteiger partial charge on any atom is 0.262 e. The Hall–Kier alpha value is -4.96. The maximum absolute atomic E-state index is 15.6. The van der Waals surface area contributed by atoms with E-state index in [0.717, 1.165) is 35.7 Å². The number of nitrogens with zero attached hydrogens (tertiary/aromatic N) is 5. The first-order valence-corrected chi connectivity index (χ1v) is 13.4. The Balaban J connectivity index is 1.32. The molecule has 2 aromatic carbocycles. The van der Waals surface area contributed by atoms with E-state index in [2.05, 4.69) is 25.6 Å². The molecule has 1 amide bonds. The number of nitrogens with one attached hydrogen (secondary N) is 2. The summed E-state index contributed by atoms with van der Waals surface area (Å²) in [6.07, 6.45) is 8.16. The summed E-state index contributed by atoms with van der Waals surface area (Å²) in [6, 6.07) is 16.6. The van der Waals surface area contributed by atoms with Crippen LogP contribution in [0.4, 0.5) is 21.8 Å². The van der Waals surface area contributed by atoms with E-state index in [-0.39, 0.29) is 23.0 Å². The minimum atomic E-state index is -0.665. The standard InChI is InChI=1S/C31H28FN7O2/c1-20-4-2-5-21-9-14-34-29(28(20)21)39(23-6-3-13-33-19-23)30(41)25-8-7-22(18-26(25)32)36-31-35-15-10-27(37-31)38-16-11-24(40)12-17-38/h2,4-5,7-12,14-18,23,33H,3,6,13,19H2,1H3,(H,35,36,37)/t23-/m1/s1. The quantitative estimate of drug-likeness (QED) is 0.315. The van der Waals surface area contributed by atoms with Crippen LogP contribution in [0.5, 0.6) is 0 Å². The van der Waals surface area contributed by atoms with Gasteiger partial charge in [-0.3, -0.25) is 14.5 Å². The number of rotatable bonds is 6. The number of halogens is 1. The molecule has 1 aliphatic rings. The number of aryl methyl sites for hydroxylation is 1. The Morgan fingerprint density at radius 3 is 2.68 bits per heavy atom. The van der Waals surface area contributed by atoms with Gasteiger partial charge in [0.15, 0.2) is 5.43 Å². The number of hydrogen-bond acceptors (Lipinski definition) is 7. The molecule has 3 aromatic heterocycles. The van der Waals surface area contributed by atoms with Gasteiger partial charge in [-0.15, -0.1) is 0 Å². The molecule has 1 saturated heterocycles. The van der Waals surface area contributed by atoms with Gasteiger partial charge in [-0.2, -0.15) is 4.98 Å². The Morgan fingerprint density at radius 1 is 1.07 bits per heavy atom. The lowest BCUT2D eigenvalue weighted by molar-refractivity contribution is 0.0968. The summed E-state index contributed by atoms with van der Waals surface area (Å²) in [4.78, 5) is 40.5. The van der Waals surface area contributed by atoms with Crippen LogP contribution in [-0.2, 0) is 0 Å². The third-order valence-electron chi connectivity index (χ3n) is 7.22. The van der Waals surface area contributed by atoms with E-state index >= 15 is 4.39 Å². The average molecular weight is 550 g/mol. The number of aromatic nitrogens is 4. The fourth-order valence-electron chi connectivity index (χ4n) is 5.20. The Bertz CT molecular complexity index is 1770. The molecule has 4 heterocycles. The topological polar surface area (TPSA) is 105 Å². The molecule has 0 aliphatic carbocycles. The second-order valence-corrected chi connectivity index (χ2v) is 9.98. The first-order chi connectivity index (χ1) is 20.0. The number of benzene rings is 2. The number of amides is 1. The zero-order valence-electron chi connectivity index (χ0n) is 22.4. The van der Waals surface area contributed by atoms with Crippen molar-refractivity contribution in [2.75, 3.05) is 23.3 Å². The first kappa shape index (κ1) is 26.3. The molecule has 6 rings (SSSR count). The molecular weight excluding hydrogens is 521 g/mol. The predicted molar refractivity (Wildman–Crippen MR) is 156 cm³/mol. The maximum atomic E-state index is 15.6. The van der Waals surface area contributed by atoms with Gasteiger partial charge in [0.25, 0.3) is 5.91 Å². The van der Waals surface area contributed by atoms with Gasteiger partial charge < -0.3 is 15.2 Å². The van der Waals surface area contributed by atoms with Gasteiger partial charge in [-0.25, -0.2) is 14.4 Å². The van der Waals surface area contributed by atoms with E-state index < -0.39 is 11.7 Å². The van der Waals surface area contributed by atoms with Crippen molar-refractivity contribution in [3.05, 3.63) is 113 Å². The van der Waals surface area contributed by atoms with E-state index in [4.69, 9.17) is 0 Å². The molecule has 0 spiro atoms. The molecule has 0 unspecified atom stereocenters. The third kappa shape index (κ3) is 5.42. The van der Waals surface area contributed by atoms with Gasteiger partial charge in [0.05, 0.1) is 11.6 Å². The molecule has 10 heteroatoms. The normalized spacial score (nSPS) is 15.0. The van der Waals surface area contributed by atoms with E-state index in [1.54, 1.807) is 46.4 Å². The van der Waals surface area contributed by atoms with Crippen molar-refractivity contribution >= 4 is 34.1 Å². The molecule has 0 saturated carbocycles. The van der Waals surface area contributed by atoms with Crippen LogP contribution in [-0.4, -0.2) is 44.6 Å². The van der Waals surface area contributed by atoms with Crippen LogP contribution >= 0.6 is 0 Å². The van der Waals surface area contributed by atoms with Crippen molar-refractivity contribution in [2.45, 2.75) is 25.8 Å². The average Bonchev–Trinajstić information content (AvgIpc) is 2.98. The van der Waals surface area contributed by atoms with Gasteiger partial charge in [0.1, 0.15) is 17.5 Å². The number of carbonyl (C=O) groups excluding carboxylic acids is 1. The van der Waals surface area contributed by atoms with Crippen LogP contribution in [0.3, 0.4) is 0 Å². The monoisotopic (exact) mass is 549 g/mol. The molecule has 9 nitrogen and oxygen atoms in total. The van der Waals surface area contributed by atoms with E-state index in [1.807, 2.05) is 31.2 Å². The first-order valence-electron chi connectivity index (χ1n) is 13.4. The number of piperidine rings is 1. The lowest BCUT2D eigenvalue weighted by atomic mass is 10.0. The van der Waals surface area contributed by atoms with E-state index in [1.165, 1.54) is 24.3 Å². The minimum absolute atomic E-state index is 0.0450. The van der Waals surface area contributed by atoms with Crippen molar-refractivity contribution in [2.24, 2.45) is 0 Å². The summed E-state index contributed by atoms with van der Waals surface area (Å²) in [5.74, 6) is 0.202. The summed E-state index contributed by atoms with van der Waals surface area (Å²) in [6.45, 7) is 3.46. The summed E-state index contributed by atoms with van der Waals surface area (Å²) in [5.41, 5.74) is 1.23. The molecular formula is C31H28FN7O2. The minimum Gasteiger partial charge on any atom is -0.324 e. The Kier molecular flexibility index (Phi) is 7.22. The predicted octanol–water partition coefficient (Wildman–Crippen LogP) is 4.77. The largest absolute Gasteiger partial charge is 0.324 e. The summed E-state index contributed by atoms with van der Waals surface area (Å²) < 4.78 is 17.3. The summed E-state index contributed by atoms with van der Waals surface area (Å²) >= 11 is 0. The van der Waals surface area contributed by atoms with E-state index in [0.29, 0.717) is 23.9 Å². The summed E-state index contributed by atoms with van der Waals surface area (Å²) in [5, 5.41) is 8.23. The summed E-state index contributed by atoms with van der Waals surface area (Å²) in [7, 11) is 0. The fourth-order valence-corrected chi connectivity index (χ4v) is 5.20. The van der Waals surface area contributed by atoms with Gasteiger partial charge in [-0.1, -0.05) is 18.2 Å². The number of pyridine rings is 2. The Labute approximate surface area is 235 Å². The highest BCUT2D eigenvalue weighted by atomic mass is 19.1. The van der Waals surface area contributed by atoms with Crippen LogP contribution < -0.4 is 21.0 Å². The lowest BCUT2D eigenvalue weighted by Crippen LogP contribution is -2.49. The fraction of sp³-hybridized carbons (Fsp3) is 0.194. The third-order valence-corrected chi connectivity index (χ3v) is 7.22. The highest BCUT2D eigenvalue weighted by molar-refractivity contribution is 6.11. The second kappa shape index (κ2) is 11.3. The number of carbonyl (C=O) groups is 1. The van der Waals surface area contributed by atoms with Gasteiger partial charge in [0, 0.05) is 54.5 Å². The molecule has 206 valence electrons. The van der Waals surface area contributed by atoms with Gasteiger partial charge in [0.2, 0.25) is 5.95 Å². The van der Waals surface area contributed by atoms with Crippen molar-refractivity contribution in [1.29, 1.82) is 0 Å². The van der Waals surface area contributed by atoms with Crippen molar-refractivity contribution in [1.82, 2.24) is 24.8 Å². The van der Waals surface area contributed by atoms with Crippen LogP contribution in [0.1, 0.15) is 28.8 Å². The van der Waals surface area contributed by atoms with Crippen molar-refractivity contribution < 1.29 is 9.18 Å². The second-order valence-electron chi connectivity index (χ2n) is 9.98. The van der Waals surface area contributed by atoms with E-state index in [9.17, 15) is 9.59 Å². The number of hydrogen-bond donors (Lipinski definition) is 2. The molecule has 2 N–H and O–H groups in total. The highest BCUT2D eigenvalue weighted by Gasteiger charge is 2.31. The van der Waals surface area contributed by atoms with Crippen LogP contribution in [0.2, 0.25) is 0 Å². The smallest absolute Gasteiger partial charge is 0.262 e. The molecule has 0 bridgehead atoms.